The van der Waals surface area contributed by atoms with E-state index in [0.29, 0.717) is 22.5 Å². The molecule has 0 fully saturated rings. The number of carbonyl (C=O) groups is 2. The minimum atomic E-state index is -4.56. The second kappa shape index (κ2) is 10.1. The monoisotopic (exact) mass is 596 g/mol. The van der Waals surface area contributed by atoms with E-state index in [0.717, 1.165) is 38.9 Å². The summed E-state index contributed by atoms with van der Waals surface area (Å²) in [4.78, 5) is 26.9. The number of nitrogens with zero attached hydrogens (tertiary/aromatic N) is 2. The number of rotatable bonds is 5. The van der Waals surface area contributed by atoms with Crippen LogP contribution in [0.3, 0.4) is 0 Å². The summed E-state index contributed by atoms with van der Waals surface area (Å²) in [7, 11) is 0. The number of halogens is 4. The zero-order chi connectivity index (χ0) is 26.3. The molecule has 7 nitrogen and oxygen atoms in total. The molecule has 1 amide bonds. The molecule has 0 bridgehead atoms. The Morgan fingerprint density at radius 1 is 1.24 bits per heavy atom. The lowest BCUT2D eigenvalue weighted by Gasteiger charge is -2.33. The predicted octanol–water partition coefficient (Wildman–Crippen LogP) is 6.68. The van der Waals surface area contributed by atoms with Crippen LogP contribution in [-0.2, 0) is 17.6 Å². The number of esters is 1. The Balaban J connectivity index is 1.45. The number of alkyl halides is 3. The summed E-state index contributed by atoms with van der Waals surface area (Å²) < 4.78 is 49.0. The van der Waals surface area contributed by atoms with Crippen molar-refractivity contribution in [3.8, 4) is 0 Å². The number of aromatic nitrogens is 2. The molecule has 0 radical (unpaired) electrons. The number of thiophene rings is 1. The summed E-state index contributed by atoms with van der Waals surface area (Å²) in [5, 5.41) is 10.2. The van der Waals surface area contributed by atoms with E-state index in [9.17, 15) is 22.8 Å². The average molecular weight is 597 g/mol. The maximum atomic E-state index is 14.0. The Morgan fingerprint density at radius 3 is 2.68 bits per heavy atom. The van der Waals surface area contributed by atoms with Gasteiger partial charge in [0.15, 0.2) is 11.7 Å². The van der Waals surface area contributed by atoms with Gasteiger partial charge in [0.2, 0.25) is 0 Å². The van der Waals surface area contributed by atoms with Crippen molar-refractivity contribution in [3.05, 3.63) is 62.1 Å². The molecule has 1 aliphatic carbocycles. The number of aryl methyl sites for hydroxylation is 1. The van der Waals surface area contributed by atoms with Gasteiger partial charge in [0, 0.05) is 21.8 Å². The molecule has 3 aromatic rings. The molecule has 1 aromatic carbocycles. The Hall–Kier alpha value is -2.86. The Kier molecular flexibility index (Phi) is 7.06. The third-order valence-electron chi connectivity index (χ3n) is 6.57. The van der Waals surface area contributed by atoms with Crippen molar-refractivity contribution >= 4 is 50.0 Å². The number of benzene rings is 1. The largest absolute Gasteiger partial charge is 0.462 e. The first-order chi connectivity index (χ1) is 17.7. The number of hydrogen-bond acceptors (Lipinski definition) is 6. The molecule has 12 heteroatoms. The van der Waals surface area contributed by atoms with Gasteiger partial charge in [-0.3, -0.25) is 4.79 Å². The minimum absolute atomic E-state index is 0.0998. The summed E-state index contributed by atoms with van der Waals surface area (Å²) in [6.45, 7) is 1.89. The Labute approximate surface area is 223 Å². The van der Waals surface area contributed by atoms with Crippen LogP contribution in [0.2, 0.25) is 0 Å². The normalized spacial score (nSPS) is 18.9. The average Bonchev–Trinajstić information content (AvgIpc) is 3.44. The lowest BCUT2D eigenvalue weighted by Crippen LogP contribution is -2.35. The van der Waals surface area contributed by atoms with Crippen LogP contribution in [-0.4, -0.2) is 34.4 Å². The molecule has 2 aliphatic rings. The molecular weight excluding hydrogens is 573 g/mol. The summed E-state index contributed by atoms with van der Waals surface area (Å²) >= 11 is 4.65. The topological polar surface area (TPSA) is 85.2 Å². The van der Waals surface area contributed by atoms with Gasteiger partial charge >= 0.3 is 12.1 Å². The number of fused-ring (bicyclic) bond motifs is 2. The molecule has 2 atom stereocenters. The fourth-order valence-corrected chi connectivity index (χ4v) is 6.38. The van der Waals surface area contributed by atoms with Crippen LogP contribution in [0.15, 0.2) is 34.8 Å². The number of nitrogens with one attached hydrogen (secondary N) is 2. The standard InChI is InChI=1S/C25H24BrF3N4O3S/c1-2-36-24(35)21-15-5-3-4-6-18(15)37-23(21)31-22(34)17-12-20-30-16(13-7-9-14(26)10-8-13)11-19(25(27,28)29)33(20)32-17/h7-10,12,16,19,30H,2-6,11H2,1H3,(H,31,34)/t16-,19+/m1/s1. The molecule has 196 valence electrons. The Morgan fingerprint density at radius 2 is 1.97 bits per heavy atom. The summed E-state index contributed by atoms with van der Waals surface area (Å²) in [6, 6.07) is 5.85. The molecule has 0 unspecified atom stereocenters. The molecule has 37 heavy (non-hydrogen) atoms. The minimum Gasteiger partial charge on any atom is -0.462 e. The fraction of sp³-hybridized carbons (Fsp3) is 0.400. The fourth-order valence-electron chi connectivity index (χ4n) is 4.84. The Bertz CT molecular complexity index is 1340. The van der Waals surface area contributed by atoms with Crippen LogP contribution in [0.5, 0.6) is 0 Å². The van der Waals surface area contributed by atoms with E-state index in [1.807, 2.05) is 0 Å². The second-order valence-electron chi connectivity index (χ2n) is 8.99. The molecule has 3 heterocycles. The van der Waals surface area contributed by atoms with Crippen LogP contribution in [0, 0.1) is 0 Å². The van der Waals surface area contributed by atoms with Gasteiger partial charge in [-0.25, -0.2) is 9.48 Å². The first kappa shape index (κ1) is 25.8. The van der Waals surface area contributed by atoms with Crippen molar-refractivity contribution in [1.29, 1.82) is 0 Å². The number of hydrogen-bond donors (Lipinski definition) is 2. The van der Waals surface area contributed by atoms with E-state index in [1.54, 1.807) is 31.2 Å². The van der Waals surface area contributed by atoms with Gasteiger partial charge in [-0.1, -0.05) is 28.1 Å². The lowest BCUT2D eigenvalue weighted by atomic mass is 9.95. The van der Waals surface area contributed by atoms with Gasteiger partial charge in [0.25, 0.3) is 5.91 Å². The highest BCUT2D eigenvalue weighted by atomic mass is 79.9. The van der Waals surface area contributed by atoms with Crippen molar-refractivity contribution < 1.29 is 27.5 Å². The van der Waals surface area contributed by atoms with Crippen LogP contribution < -0.4 is 10.6 Å². The van der Waals surface area contributed by atoms with Crippen LogP contribution in [0.25, 0.3) is 0 Å². The maximum absolute atomic E-state index is 14.0. The molecule has 2 aromatic heterocycles. The van der Waals surface area contributed by atoms with Crippen molar-refractivity contribution in [2.45, 2.75) is 57.3 Å². The quantitative estimate of drug-likeness (QED) is 0.321. The van der Waals surface area contributed by atoms with Crippen molar-refractivity contribution in [1.82, 2.24) is 9.78 Å². The van der Waals surface area contributed by atoms with E-state index in [2.05, 4.69) is 31.7 Å². The third-order valence-corrected chi connectivity index (χ3v) is 8.31. The van der Waals surface area contributed by atoms with Crippen molar-refractivity contribution in [2.75, 3.05) is 17.2 Å². The smallest absolute Gasteiger partial charge is 0.410 e. The van der Waals surface area contributed by atoms with Crippen LogP contribution in [0.4, 0.5) is 24.0 Å². The van der Waals surface area contributed by atoms with Crippen LogP contribution >= 0.6 is 27.3 Å². The first-order valence-corrected chi connectivity index (χ1v) is 13.6. The third kappa shape index (κ3) is 5.13. The summed E-state index contributed by atoms with van der Waals surface area (Å²) in [5.41, 5.74) is 1.74. The van der Waals surface area contributed by atoms with Gasteiger partial charge in [-0.05, 0) is 55.9 Å². The van der Waals surface area contributed by atoms with Gasteiger partial charge in [-0.15, -0.1) is 11.3 Å². The highest BCUT2D eigenvalue weighted by molar-refractivity contribution is 9.10. The molecule has 0 saturated carbocycles. The highest BCUT2D eigenvalue weighted by Crippen LogP contribution is 2.44. The number of amides is 1. The predicted molar refractivity (Wildman–Crippen MR) is 137 cm³/mol. The number of carbonyl (C=O) groups excluding carboxylic acids is 2. The SMILES string of the molecule is CCOC(=O)c1c(NC(=O)c2cc3n(n2)[C@H](C(F)(F)F)C[C@H](c2ccc(Br)cc2)N3)sc2c1CCCC2. The summed E-state index contributed by atoms with van der Waals surface area (Å²) in [5.74, 6) is -1.10. The highest BCUT2D eigenvalue weighted by Gasteiger charge is 2.47. The zero-order valence-corrected chi connectivity index (χ0v) is 22.2. The van der Waals surface area contributed by atoms with E-state index in [4.69, 9.17) is 4.74 Å². The van der Waals surface area contributed by atoms with Gasteiger partial charge < -0.3 is 15.4 Å². The second-order valence-corrected chi connectivity index (χ2v) is 11.0. The molecule has 5 rings (SSSR count). The van der Waals surface area contributed by atoms with Crippen molar-refractivity contribution in [3.63, 3.8) is 0 Å². The van der Waals surface area contributed by atoms with Gasteiger partial charge in [-0.2, -0.15) is 18.3 Å². The van der Waals surface area contributed by atoms with E-state index in [-0.39, 0.29) is 24.5 Å². The molecule has 0 spiro atoms. The van der Waals surface area contributed by atoms with E-state index in [1.165, 1.54) is 17.4 Å². The molecular formula is C25H24BrF3N4O3S. The number of ether oxygens (including phenoxy) is 1. The van der Waals surface area contributed by atoms with E-state index >= 15 is 0 Å². The van der Waals surface area contributed by atoms with Gasteiger partial charge in [0.05, 0.1) is 18.2 Å². The molecule has 1 aliphatic heterocycles. The van der Waals surface area contributed by atoms with Gasteiger partial charge in [0.1, 0.15) is 10.8 Å². The molecule has 0 saturated heterocycles. The van der Waals surface area contributed by atoms with E-state index < -0.39 is 30.1 Å². The molecule has 2 N–H and O–H groups in total. The number of anilines is 2. The first-order valence-electron chi connectivity index (χ1n) is 12.0. The summed E-state index contributed by atoms with van der Waals surface area (Å²) in [6.07, 6.45) is -1.40. The van der Waals surface area contributed by atoms with Crippen LogP contribution in [0.1, 0.15) is 75.1 Å². The zero-order valence-electron chi connectivity index (χ0n) is 19.8. The lowest BCUT2D eigenvalue weighted by molar-refractivity contribution is -0.173. The maximum Gasteiger partial charge on any atom is 0.410 e. The van der Waals surface area contributed by atoms with Crippen molar-refractivity contribution in [2.24, 2.45) is 0 Å².